The van der Waals surface area contributed by atoms with E-state index in [1.165, 1.54) is 5.57 Å². The Bertz CT molecular complexity index is 410. The predicted molar refractivity (Wildman–Crippen MR) is 54.4 cm³/mol. The zero-order valence-corrected chi connectivity index (χ0v) is 8.96. The maximum absolute atomic E-state index is 10.6. The molecule has 6 heteroatoms. The van der Waals surface area contributed by atoms with Crippen LogP contribution in [-0.2, 0) is 14.6 Å². The molecule has 0 saturated carbocycles. The monoisotopic (exact) mass is 231 g/mol. The lowest BCUT2D eigenvalue weighted by Gasteiger charge is -2.28. The molecule has 5 nitrogen and oxygen atoms in total. The van der Waals surface area contributed by atoms with Crippen LogP contribution in [-0.4, -0.2) is 25.7 Å². The maximum Gasteiger partial charge on any atom is 0.399 e. The zero-order chi connectivity index (χ0) is 10.9. The van der Waals surface area contributed by atoms with E-state index in [-0.39, 0.29) is 0 Å². The molecule has 0 fully saturated rings. The molecule has 0 spiro atoms. The largest absolute Gasteiger partial charge is 0.399 e. The molecule has 0 amide bonds. The molecule has 1 aliphatic heterocycles. The predicted octanol–water partition coefficient (Wildman–Crippen LogP) is 0.772. The summed E-state index contributed by atoms with van der Waals surface area (Å²) >= 11 is 0. The lowest BCUT2D eigenvalue weighted by Crippen LogP contribution is -2.40. The van der Waals surface area contributed by atoms with Crippen LogP contribution in [0.15, 0.2) is 23.3 Å². The molecule has 2 N–H and O–H groups in total. The quantitative estimate of drug-likeness (QED) is 0.687. The van der Waals surface area contributed by atoms with Crippen LogP contribution in [0.1, 0.15) is 19.3 Å². The molecule has 0 radical (unpaired) electrons. The highest BCUT2D eigenvalue weighted by Gasteiger charge is 2.26. The number of rotatable bonds is 2. The van der Waals surface area contributed by atoms with E-state index in [9.17, 15) is 8.42 Å². The normalized spacial score (nSPS) is 26.6. The van der Waals surface area contributed by atoms with Crippen molar-refractivity contribution in [2.45, 2.75) is 25.5 Å². The van der Waals surface area contributed by atoms with Gasteiger partial charge in [0.05, 0.1) is 0 Å². The topological polar surface area (TPSA) is 75.6 Å². The Morgan fingerprint density at radius 3 is 3.00 bits per heavy atom. The molecule has 0 aromatic heterocycles. The summed E-state index contributed by atoms with van der Waals surface area (Å²) in [7, 11) is -4.40. The molecule has 0 aromatic carbocycles. The van der Waals surface area contributed by atoms with Gasteiger partial charge in [-0.25, -0.2) is 4.18 Å². The van der Waals surface area contributed by atoms with Crippen molar-refractivity contribution in [1.29, 1.82) is 0 Å². The second-order valence-corrected chi connectivity index (χ2v) is 4.66. The van der Waals surface area contributed by atoms with Crippen LogP contribution in [0, 0.1) is 0 Å². The molecular weight excluding hydrogens is 218 g/mol. The third kappa shape index (κ3) is 2.66. The van der Waals surface area contributed by atoms with Gasteiger partial charge in [-0.05, 0) is 24.8 Å². The van der Waals surface area contributed by atoms with Crippen molar-refractivity contribution in [2.24, 2.45) is 0 Å². The second-order valence-electron chi connectivity index (χ2n) is 3.61. The Kier molecular flexibility index (Phi) is 2.92. The van der Waals surface area contributed by atoms with E-state index >= 15 is 0 Å². The number of allylic oxidation sites excluding steroid dienone is 1. The zero-order valence-electron chi connectivity index (χ0n) is 8.14. The first-order chi connectivity index (χ1) is 7.06. The molecular formula is C9H13NO4S. The molecule has 84 valence electrons. The lowest BCUT2D eigenvalue weighted by atomic mass is 9.92. The summed E-state index contributed by atoms with van der Waals surface area (Å²) in [5, 5.41) is 2.90. The van der Waals surface area contributed by atoms with Gasteiger partial charge in [-0.1, -0.05) is 17.7 Å². The third-order valence-corrected chi connectivity index (χ3v) is 3.01. The molecule has 1 unspecified atom stereocenters. The SMILES string of the molecule is O=S(=O)(O)OC1NCCC2=C1C=CCC2. The van der Waals surface area contributed by atoms with Gasteiger partial charge < -0.3 is 0 Å². The van der Waals surface area contributed by atoms with Crippen LogP contribution < -0.4 is 5.32 Å². The molecule has 1 aliphatic carbocycles. The van der Waals surface area contributed by atoms with Crippen molar-refractivity contribution in [3.63, 3.8) is 0 Å². The lowest BCUT2D eigenvalue weighted by molar-refractivity contribution is 0.175. The van der Waals surface area contributed by atoms with Crippen LogP contribution in [0.4, 0.5) is 0 Å². The van der Waals surface area contributed by atoms with Gasteiger partial charge in [0.1, 0.15) is 0 Å². The van der Waals surface area contributed by atoms with Crippen molar-refractivity contribution in [2.75, 3.05) is 6.54 Å². The summed E-state index contributed by atoms with van der Waals surface area (Å²) in [6.07, 6.45) is 5.94. The van der Waals surface area contributed by atoms with Gasteiger partial charge in [0.25, 0.3) is 0 Å². The van der Waals surface area contributed by atoms with Gasteiger partial charge in [0, 0.05) is 6.54 Å². The summed E-state index contributed by atoms with van der Waals surface area (Å²) in [5.74, 6) is 0. The van der Waals surface area contributed by atoms with Crippen LogP contribution in [0.5, 0.6) is 0 Å². The Morgan fingerprint density at radius 1 is 1.47 bits per heavy atom. The average molecular weight is 231 g/mol. The van der Waals surface area contributed by atoms with E-state index < -0.39 is 16.6 Å². The minimum Gasteiger partial charge on any atom is -0.287 e. The fraction of sp³-hybridized carbons (Fsp3) is 0.556. The number of hydrogen-bond donors (Lipinski definition) is 2. The van der Waals surface area contributed by atoms with E-state index in [2.05, 4.69) is 9.50 Å². The van der Waals surface area contributed by atoms with Crippen molar-refractivity contribution in [3.05, 3.63) is 23.3 Å². The van der Waals surface area contributed by atoms with E-state index in [0.29, 0.717) is 6.54 Å². The first-order valence-electron chi connectivity index (χ1n) is 4.84. The Balaban J connectivity index is 2.22. The first kappa shape index (κ1) is 10.8. The van der Waals surface area contributed by atoms with E-state index in [0.717, 1.165) is 24.8 Å². The van der Waals surface area contributed by atoms with Crippen LogP contribution in [0.3, 0.4) is 0 Å². The number of nitrogens with one attached hydrogen (secondary N) is 1. The summed E-state index contributed by atoms with van der Waals surface area (Å²) < 4.78 is 34.4. The second kappa shape index (κ2) is 4.05. The molecule has 0 saturated heterocycles. The molecule has 1 atom stereocenters. The maximum atomic E-state index is 10.6. The minimum absolute atomic E-state index is 0.673. The highest BCUT2D eigenvalue weighted by Crippen LogP contribution is 2.27. The fourth-order valence-electron chi connectivity index (χ4n) is 1.94. The van der Waals surface area contributed by atoms with Gasteiger partial charge >= 0.3 is 10.4 Å². The average Bonchev–Trinajstić information content (AvgIpc) is 2.16. The van der Waals surface area contributed by atoms with E-state index in [1.54, 1.807) is 0 Å². The molecule has 0 aromatic rings. The van der Waals surface area contributed by atoms with Crippen molar-refractivity contribution in [1.82, 2.24) is 5.32 Å². The fourth-order valence-corrected chi connectivity index (χ4v) is 2.36. The highest BCUT2D eigenvalue weighted by atomic mass is 32.3. The van der Waals surface area contributed by atoms with Gasteiger partial charge in [-0.3, -0.25) is 9.87 Å². The van der Waals surface area contributed by atoms with Crippen LogP contribution in [0.25, 0.3) is 0 Å². The van der Waals surface area contributed by atoms with E-state index in [4.69, 9.17) is 4.55 Å². The Hall–Kier alpha value is -0.690. The van der Waals surface area contributed by atoms with Gasteiger partial charge in [-0.2, -0.15) is 8.42 Å². The van der Waals surface area contributed by atoms with Crippen molar-refractivity contribution >= 4 is 10.4 Å². The van der Waals surface area contributed by atoms with Crippen LogP contribution in [0.2, 0.25) is 0 Å². The molecule has 15 heavy (non-hydrogen) atoms. The van der Waals surface area contributed by atoms with Gasteiger partial charge in [0.2, 0.25) is 0 Å². The molecule has 1 heterocycles. The Labute approximate surface area is 88.8 Å². The number of hydrogen-bond acceptors (Lipinski definition) is 4. The van der Waals surface area contributed by atoms with Gasteiger partial charge in [-0.15, -0.1) is 0 Å². The first-order valence-corrected chi connectivity index (χ1v) is 6.20. The van der Waals surface area contributed by atoms with Crippen molar-refractivity contribution in [3.8, 4) is 0 Å². The Morgan fingerprint density at radius 2 is 2.27 bits per heavy atom. The molecule has 2 rings (SSSR count). The highest BCUT2D eigenvalue weighted by molar-refractivity contribution is 7.80. The van der Waals surface area contributed by atoms with E-state index in [1.807, 2.05) is 12.2 Å². The minimum atomic E-state index is -4.40. The summed E-state index contributed by atoms with van der Waals surface area (Å²) in [5.41, 5.74) is 2.05. The van der Waals surface area contributed by atoms with Gasteiger partial charge in [0.15, 0.2) is 6.23 Å². The summed E-state index contributed by atoms with van der Waals surface area (Å²) in [4.78, 5) is 0. The summed E-state index contributed by atoms with van der Waals surface area (Å²) in [6, 6.07) is 0. The molecule has 2 aliphatic rings. The standard InChI is InChI=1S/C9H13NO4S/c11-15(12,13)14-9-8-4-2-1-3-7(8)5-6-10-9/h2,4,9-10H,1,3,5-6H2,(H,11,12,13). The van der Waals surface area contributed by atoms with Crippen LogP contribution >= 0.6 is 0 Å². The smallest absolute Gasteiger partial charge is 0.287 e. The molecule has 0 bridgehead atoms. The third-order valence-electron chi connectivity index (χ3n) is 2.58. The van der Waals surface area contributed by atoms with Crippen molar-refractivity contribution < 1.29 is 17.2 Å². The summed E-state index contributed by atoms with van der Waals surface area (Å²) in [6.45, 7) is 0.673.